The lowest BCUT2D eigenvalue weighted by atomic mass is 9.80. The Morgan fingerprint density at radius 3 is 2.50 bits per heavy atom. The molecule has 2 aliphatic heterocycles. The van der Waals surface area contributed by atoms with Crippen molar-refractivity contribution < 1.29 is 19.4 Å². The number of nitrogens with zero attached hydrogens (tertiary/aromatic N) is 1. The van der Waals surface area contributed by atoms with E-state index < -0.39 is 29.0 Å². The van der Waals surface area contributed by atoms with Crippen LogP contribution in [0.25, 0.3) is 5.69 Å². The van der Waals surface area contributed by atoms with Gasteiger partial charge in [-0.1, -0.05) is 59.5 Å². The van der Waals surface area contributed by atoms with Gasteiger partial charge >= 0.3 is 10.8 Å². The van der Waals surface area contributed by atoms with Gasteiger partial charge in [-0.3, -0.25) is 14.2 Å². The van der Waals surface area contributed by atoms with Gasteiger partial charge in [0.15, 0.2) is 0 Å². The second kappa shape index (κ2) is 6.35. The van der Waals surface area contributed by atoms with Gasteiger partial charge in [-0.2, -0.15) is 0 Å². The van der Waals surface area contributed by atoms with Crippen molar-refractivity contribution in [2.45, 2.75) is 16.2 Å². The summed E-state index contributed by atoms with van der Waals surface area (Å²) in [6.07, 6.45) is 0. The van der Waals surface area contributed by atoms with Crippen LogP contribution in [0.5, 0.6) is 5.75 Å². The molecule has 0 bridgehead atoms. The lowest BCUT2D eigenvalue weighted by molar-refractivity contribution is -0.306. The molecule has 5 rings (SSSR count). The van der Waals surface area contributed by atoms with Crippen LogP contribution >= 0.6 is 23.1 Å². The SMILES string of the molecule is O=C1Oc2ccccc2[C@@H]2c3sc(=O)n(-c4ccccc4)c3S[C@@H](C(=O)[O-])[C@@H]12. The number of carbonyl (C=O) groups is 2. The number of aliphatic carboxylic acids is 1. The van der Waals surface area contributed by atoms with Crippen LogP contribution in [-0.2, 0) is 9.59 Å². The molecule has 0 radical (unpaired) electrons. The molecule has 0 N–H and O–H groups in total. The number of carbonyl (C=O) groups excluding carboxylic acids is 2. The minimum Gasteiger partial charge on any atom is -0.549 e. The van der Waals surface area contributed by atoms with Crippen LogP contribution in [0.15, 0.2) is 64.4 Å². The zero-order valence-electron chi connectivity index (χ0n) is 14.2. The number of carboxylic acid groups (broad SMARTS) is 1. The third-order valence-corrected chi connectivity index (χ3v) is 7.50. The van der Waals surface area contributed by atoms with E-state index >= 15 is 0 Å². The van der Waals surface area contributed by atoms with Crippen molar-refractivity contribution in [3.63, 3.8) is 0 Å². The molecule has 28 heavy (non-hydrogen) atoms. The van der Waals surface area contributed by atoms with E-state index in [2.05, 4.69) is 0 Å². The van der Waals surface area contributed by atoms with E-state index in [0.29, 0.717) is 26.9 Å². The van der Waals surface area contributed by atoms with Crippen molar-refractivity contribution >= 4 is 35.0 Å². The highest BCUT2D eigenvalue weighted by Crippen LogP contribution is 2.54. The Kier molecular flexibility index (Phi) is 3.92. The average molecular weight is 410 g/mol. The zero-order chi connectivity index (χ0) is 19.4. The van der Waals surface area contributed by atoms with Gasteiger partial charge in [-0.25, -0.2) is 0 Å². The van der Waals surface area contributed by atoms with Crippen molar-refractivity contribution in [2.75, 3.05) is 0 Å². The smallest absolute Gasteiger partial charge is 0.316 e. The highest BCUT2D eigenvalue weighted by atomic mass is 32.2. The monoisotopic (exact) mass is 410 g/mol. The van der Waals surface area contributed by atoms with E-state index in [9.17, 15) is 19.5 Å². The maximum Gasteiger partial charge on any atom is 0.316 e. The fourth-order valence-corrected chi connectivity index (χ4v) is 6.48. The van der Waals surface area contributed by atoms with Gasteiger partial charge in [0.2, 0.25) is 0 Å². The Morgan fingerprint density at radius 2 is 1.75 bits per heavy atom. The molecule has 0 spiro atoms. The van der Waals surface area contributed by atoms with Gasteiger partial charge in [-0.05, 0) is 18.2 Å². The molecule has 6 nitrogen and oxygen atoms in total. The highest BCUT2D eigenvalue weighted by molar-refractivity contribution is 8.00. The third kappa shape index (κ3) is 2.45. The number of hydrogen-bond acceptors (Lipinski definition) is 7. The Bertz CT molecular complexity index is 1170. The first-order valence-electron chi connectivity index (χ1n) is 8.55. The summed E-state index contributed by atoms with van der Waals surface area (Å²) >= 11 is 2.02. The normalized spacial score (nSPS) is 22.6. The number of thioether (sulfide) groups is 1. The van der Waals surface area contributed by atoms with Crippen LogP contribution in [0.2, 0.25) is 0 Å². The number of fused-ring (bicyclic) bond motifs is 5. The maximum atomic E-state index is 12.8. The Balaban J connectivity index is 1.79. The summed E-state index contributed by atoms with van der Waals surface area (Å²) in [4.78, 5) is 37.9. The molecule has 140 valence electrons. The first-order valence-corrected chi connectivity index (χ1v) is 10.2. The molecule has 0 fully saturated rings. The van der Waals surface area contributed by atoms with Crippen LogP contribution in [-0.4, -0.2) is 21.8 Å². The molecule has 2 aliphatic rings. The van der Waals surface area contributed by atoms with E-state index in [1.165, 1.54) is 4.57 Å². The zero-order valence-corrected chi connectivity index (χ0v) is 15.9. The van der Waals surface area contributed by atoms with Crippen molar-refractivity contribution in [3.8, 4) is 11.4 Å². The van der Waals surface area contributed by atoms with E-state index in [0.717, 1.165) is 23.1 Å². The molecule has 0 aliphatic carbocycles. The number of carboxylic acids is 1. The average Bonchev–Trinajstić information content (AvgIpc) is 3.03. The molecular formula is C20H12NO5S2-. The van der Waals surface area contributed by atoms with Crippen molar-refractivity contribution in [1.29, 1.82) is 0 Å². The molecule has 8 heteroatoms. The summed E-state index contributed by atoms with van der Waals surface area (Å²) in [5.74, 6) is -3.06. The summed E-state index contributed by atoms with van der Waals surface area (Å²) in [5.41, 5.74) is 1.36. The number of hydrogen-bond donors (Lipinski definition) is 0. The van der Waals surface area contributed by atoms with Crippen molar-refractivity contribution in [2.24, 2.45) is 5.92 Å². The Morgan fingerprint density at radius 1 is 1.04 bits per heavy atom. The molecule has 3 aromatic rings. The fourth-order valence-electron chi connectivity index (χ4n) is 3.81. The molecule has 0 unspecified atom stereocenters. The van der Waals surface area contributed by atoms with Crippen LogP contribution in [0, 0.1) is 5.92 Å². The number of thiazole rings is 1. The predicted molar refractivity (Wildman–Crippen MR) is 102 cm³/mol. The van der Waals surface area contributed by atoms with Crippen LogP contribution in [0.1, 0.15) is 16.4 Å². The largest absolute Gasteiger partial charge is 0.549 e. The second-order valence-electron chi connectivity index (χ2n) is 6.53. The summed E-state index contributed by atoms with van der Waals surface area (Å²) in [7, 11) is 0. The first kappa shape index (κ1) is 17.3. The molecule has 1 aromatic heterocycles. The number of esters is 1. The van der Waals surface area contributed by atoms with Crippen LogP contribution < -0.4 is 14.7 Å². The van der Waals surface area contributed by atoms with Gasteiger partial charge in [0, 0.05) is 16.4 Å². The van der Waals surface area contributed by atoms with Gasteiger partial charge in [-0.15, -0.1) is 0 Å². The van der Waals surface area contributed by atoms with E-state index in [1.807, 2.05) is 30.3 Å². The van der Waals surface area contributed by atoms with Crippen molar-refractivity contribution in [1.82, 2.24) is 4.57 Å². The molecule has 3 atom stereocenters. The van der Waals surface area contributed by atoms with Gasteiger partial charge < -0.3 is 14.6 Å². The summed E-state index contributed by atoms with van der Waals surface area (Å²) < 4.78 is 6.91. The number of para-hydroxylation sites is 2. The number of ether oxygens (including phenoxy) is 1. The minimum absolute atomic E-state index is 0.224. The topological polar surface area (TPSA) is 88.4 Å². The van der Waals surface area contributed by atoms with Gasteiger partial charge in [0.05, 0.1) is 27.9 Å². The lowest BCUT2D eigenvalue weighted by Gasteiger charge is -2.39. The Labute approximate surface area is 167 Å². The van der Waals surface area contributed by atoms with E-state index in [-0.39, 0.29) is 4.87 Å². The molecule has 3 heterocycles. The molecule has 0 amide bonds. The van der Waals surface area contributed by atoms with E-state index in [4.69, 9.17) is 4.74 Å². The molecule has 2 aromatic carbocycles. The third-order valence-electron chi connectivity index (χ3n) is 4.98. The number of rotatable bonds is 2. The quantitative estimate of drug-likeness (QED) is 0.473. The summed E-state index contributed by atoms with van der Waals surface area (Å²) in [5, 5.41) is 11.3. The van der Waals surface area contributed by atoms with E-state index in [1.54, 1.807) is 24.3 Å². The molecule has 0 saturated carbocycles. The van der Waals surface area contributed by atoms with Crippen LogP contribution in [0.3, 0.4) is 0 Å². The predicted octanol–water partition coefficient (Wildman–Crippen LogP) is 1.79. The number of benzene rings is 2. The molecule has 0 saturated heterocycles. The minimum atomic E-state index is -1.35. The van der Waals surface area contributed by atoms with Gasteiger partial charge in [0.25, 0.3) is 0 Å². The number of aromatic nitrogens is 1. The van der Waals surface area contributed by atoms with Crippen molar-refractivity contribution in [3.05, 3.63) is 74.7 Å². The fraction of sp³-hybridized carbons (Fsp3) is 0.150. The second-order valence-corrected chi connectivity index (χ2v) is 8.65. The Hall–Kier alpha value is -2.84. The summed E-state index contributed by atoms with van der Waals surface area (Å²) in [6.45, 7) is 0. The summed E-state index contributed by atoms with van der Waals surface area (Å²) in [6, 6.07) is 16.1. The lowest BCUT2D eigenvalue weighted by Crippen LogP contribution is -2.48. The van der Waals surface area contributed by atoms with Crippen LogP contribution in [0.4, 0.5) is 0 Å². The van der Waals surface area contributed by atoms with Gasteiger partial charge in [0.1, 0.15) is 5.75 Å². The first-order chi connectivity index (χ1) is 13.6. The highest BCUT2D eigenvalue weighted by Gasteiger charge is 2.50. The standard InChI is InChI=1S/C20H13NO5S2/c22-18(23)16-14-13(11-8-4-5-9-12(11)26-19(14)24)15-17(27-16)21(20(25)28-15)10-6-2-1-3-7-10/h1-9,13-14,16H,(H,22,23)/p-1/t13-,14-,16+/m0/s1. The molecular weight excluding hydrogens is 398 g/mol. The maximum absolute atomic E-state index is 12.8.